The SMILES string of the molecule is COc1ccc(CCNCc2c(C(=O)O)n(Cc3ccccc3)c3ccccc23)c(OC)c1. The summed E-state index contributed by atoms with van der Waals surface area (Å²) < 4.78 is 12.6. The lowest BCUT2D eigenvalue weighted by molar-refractivity contribution is 0.0684. The molecule has 0 aliphatic heterocycles. The van der Waals surface area contributed by atoms with E-state index in [4.69, 9.17) is 9.47 Å². The summed E-state index contributed by atoms with van der Waals surface area (Å²) in [5.41, 5.74) is 4.18. The van der Waals surface area contributed by atoms with Crippen LogP contribution in [0, 0.1) is 0 Å². The van der Waals surface area contributed by atoms with Crippen molar-refractivity contribution < 1.29 is 19.4 Å². The lowest BCUT2D eigenvalue weighted by Crippen LogP contribution is -2.19. The second kappa shape index (κ2) is 10.2. The Morgan fingerprint density at radius 3 is 2.45 bits per heavy atom. The van der Waals surface area contributed by atoms with E-state index in [1.54, 1.807) is 14.2 Å². The van der Waals surface area contributed by atoms with Crippen LogP contribution in [0.5, 0.6) is 11.5 Å². The Bertz CT molecular complexity index is 1250. The number of benzene rings is 3. The maximum absolute atomic E-state index is 12.3. The average Bonchev–Trinajstić information content (AvgIpc) is 3.16. The first-order valence-corrected chi connectivity index (χ1v) is 10.9. The normalized spacial score (nSPS) is 11.0. The molecule has 2 N–H and O–H groups in total. The van der Waals surface area contributed by atoms with Gasteiger partial charge in [0.1, 0.15) is 17.2 Å². The molecule has 3 aromatic carbocycles. The van der Waals surface area contributed by atoms with Crippen LogP contribution >= 0.6 is 0 Å². The van der Waals surface area contributed by atoms with Crippen LogP contribution in [0.4, 0.5) is 0 Å². The Kier molecular flexibility index (Phi) is 6.95. The van der Waals surface area contributed by atoms with Gasteiger partial charge >= 0.3 is 5.97 Å². The second-order valence-corrected chi connectivity index (χ2v) is 7.83. The minimum atomic E-state index is -0.921. The Hall–Kier alpha value is -3.77. The summed E-state index contributed by atoms with van der Waals surface area (Å²) in [5, 5.41) is 14.5. The van der Waals surface area contributed by atoms with Crippen molar-refractivity contribution in [2.75, 3.05) is 20.8 Å². The molecule has 0 unspecified atom stereocenters. The van der Waals surface area contributed by atoms with Gasteiger partial charge < -0.3 is 24.5 Å². The number of para-hydroxylation sites is 1. The highest BCUT2D eigenvalue weighted by atomic mass is 16.5. The lowest BCUT2D eigenvalue weighted by Gasteiger charge is -2.12. The monoisotopic (exact) mass is 444 g/mol. The first-order chi connectivity index (χ1) is 16.1. The molecule has 0 bridgehead atoms. The molecule has 1 heterocycles. The van der Waals surface area contributed by atoms with Gasteiger partial charge in [0, 0.05) is 35.6 Å². The van der Waals surface area contributed by atoms with Gasteiger partial charge in [-0.2, -0.15) is 0 Å². The summed E-state index contributed by atoms with van der Waals surface area (Å²) in [6.45, 7) is 1.65. The van der Waals surface area contributed by atoms with E-state index in [1.165, 1.54) is 0 Å². The van der Waals surface area contributed by atoms with Crippen LogP contribution in [-0.2, 0) is 19.5 Å². The highest BCUT2D eigenvalue weighted by molar-refractivity contribution is 5.98. The topological polar surface area (TPSA) is 72.7 Å². The van der Waals surface area contributed by atoms with E-state index < -0.39 is 5.97 Å². The van der Waals surface area contributed by atoms with Crippen molar-refractivity contribution in [3.63, 3.8) is 0 Å². The van der Waals surface area contributed by atoms with E-state index in [9.17, 15) is 9.90 Å². The number of nitrogens with zero attached hydrogens (tertiary/aromatic N) is 1. The molecule has 0 spiro atoms. The predicted octanol–water partition coefficient (Wildman–Crippen LogP) is 4.74. The van der Waals surface area contributed by atoms with Crippen LogP contribution in [0.25, 0.3) is 10.9 Å². The summed E-state index contributed by atoms with van der Waals surface area (Å²) in [5.74, 6) is 0.610. The Balaban J connectivity index is 1.57. The molecule has 0 radical (unpaired) electrons. The summed E-state index contributed by atoms with van der Waals surface area (Å²) in [6.07, 6.45) is 0.748. The van der Waals surface area contributed by atoms with Crippen molar-refractivity contribution in [3.05, 3.63) is 95.2 Å². The number of carbonyl (C=O) groups is 1. The number of aromatic carboxylic acids is 1. The molecule has 0 saturated heterocycles. The van der Waals surface area contributed by atoms with E-state index in [0.717, 1.165) is 45.5 Å². The molecule has 0 saturated carbocycles. The number of carboxylic acid groups (broad SMARTS) is 1. The van der Waals surface area contributed by atoms with Gasteiger partial charge in [0.2, 0.25) is 0 Å². The lowest BCUT2D eigenvalue weighted by atomic mass is 10.1. The zero-order chi connectivity index (χ0) is 23.2. The van der Waals surface area contributed by atoms with Crippen molar-refractivity contribution >= 4 is 16.9 Å². The number of rotatable bonds is 10. The smallest absolute Gasteiger partial charge is 0.352 e. The van der Waals surface area contributed by atoms with E-state index in [2.05, 4.69) is 5.32 Å². The molecule has 0 atom stereocenters. The summed E-state index contributed by atoms with van der Waals surface area (Å²) in [7, 11) is 3.27. The van der Waals surface area contributed by atoms with E-state index in [-0.39, 0.29) is 0 Å². The third-order valence-corrected chi connectivity index (χ3v) is 5.83. The van der Waals surface area contributed by atoms with Gasteiger partial charge in [0.25, 0.3) is 0 Å². The van der Waals surface area contributed by atoms with Crippen molar-refractivity contribution in [2.24, 2.45) is 0 Å². The molecule has 1 aromatic heterocycles. The van der Waals surface area contributed by atoms with Gasteiger partial charge in [0.15, 0.2) is 0 Å². The molecule has 0 amide bonds. The highest BCUT2D eigenvalue weighted by Gasteiger charge is 2.22. The molecule has 6 nitrogen and oxygen atoms in total. The standard InChI is InChI=1S/C27H28N2O4/c1-32-21-13-12-20(25(16-21)33-2)14-15-28-17-23-22-10-6-7-11-24(22)29(26(23)27(30)31)18-19-8-4-3-5-9-19/h3-13,16,28H,14-15,17-18H2,1-2H3,(H,30,31). The minimum absolute atomic E-state index is 0.328. The minimum Gasteiger partial charge on any atom is -0.497 e. The van der Waals surface area contributed by atoms with E-state index in [1.807, 2.05) is 77.4 Å². The van der Waals surface area contributed by atoms with Crippen LogP contribution in [-0.4, -0.2) is 36.4 Å². The predicted molar refractivity (Wildman–Crippen MR) is 129 cm³/mol. The first-order valence-electron chi connectivity index (χ1n) is 10.9. The molecular formula is C27H28N2O4. The molecule has 170 valence electrons. The molecular weight excluding hydrogens is 416 g/mol. The van der Waals surface area contributed by atoms with Crippen molar-refractivity contribution in [2.45, 2.75) is 19.5 Å². The molecule has 33 heavy (non-hydrogen) atoms. The Morgan fingerprint density at radius 2 is 1.73 bits per heavy atom. The number of carboxylic acids is 1. The summed E-state index contributed by atoms with van der Waals surface area (Å²) in [4.78, 5) is 12.3. The quantitative estimate of drug-likeness (QED) is 0.346. The van der Waals surface area contributed by atoms with Gasteiger partial charge in [-0.1, -0.05) is 54.6 Å². The van der Waals surface area contributed by atoms with Crippen LogP contribution < -0.4 is 14.8 Å². The zero-order valence-corrected chi connectivity index (χ0v) is 18.9. The number of ether oxygens (including phenoxy) is 2. The van der Waals surface area contributed by atoms with Gasteiger partial charge in [-0.15, -0.1) is 0 Å². The number of nitrogens with one attached hydrogen (secondary N) is 1. The van der Waals surface area contributed by atoms with Gasteiger partial charge in [-0.25, -0.2) is 4.79 Å². The van der Waals surface area contributed by atoms with E-state index >= 15 is 0 Å². The number of methoxy groups -OCH3 is 2. The second-order valence-electron chi connectivity index (χ2n) is 7.83. The number of hydrogen-bond acceptors (Lipinski definition) is 4. The van der Waals surface area contributed by atoms with Crippen LogP contribution in [0.3, 0.4) is 0 Å². The maximum atomic E-state index is 12.3. The van der Waals surface area contributed by atoms with Crippen molar-refractivity contribution in [1.82, 2.24) is 9.88 Å². The number of aromatic nitrogens is 1. The van der Waals surface area contributed by atoms with Crippen LogP contribution in [0.2, 0.25) is 0 Å². The fourth-order valence-electron chi connectivity index (χ4n) is 4.22. The Morgan fingerprint density at radius 1 is 0.970 bits per heavy atom. The Labute approximate surface area is 193 Å². The molecule has 0 fully saturated rings. The van der Waals surface area contributed by atoms with Gasteiger partial charge in [-0.3, -0.25) is 0 Å². The van der Waals surface area contributed by atoms with Crippen molar-refractivity contribution in [1.29, 1.82) is 0 Å². The first kappa shape index (κ1) is 22.4. The fraction of sp³-hybridized carbons (Fsp3) is 0.222. The van der Waals surface area contributed by atoms with Gasteiger partial charge in [0.05, 0.1) is 14.2 Å². The van der Waals surface area contributed by atoms with Crippen molar-refractivity contribution in [3.8, 4) is 11.5 Å². The third kappa shape index (κ3) is 4.86. The number of fused-ring (bicyclic) bond motifs is 1. The zero-order valence-electron chi connectivity index (χ0n) is 18.9. The van der Waals surface area contributed by atoms with E-state index in [0.29, 0.717) is 25.3 Å². The molecule has 6 heteroatoms. The largest absolute Gasteiger partial charge is 0.497 e. The highest BCUT2D eigenvalue weighted by Crippen LogP contribution is 2.28. The molecule has 4 rings (SSSR count). The molecule has 0 aliphatic carbocycles. The van der Waals surface area contributed by atoms with Gasteiger partial charge in [-0.05, 0) is 36.2 Å². The summed E-state index contributed by atoms with van der Waals surface area (Å²) in [6, 6.07) is 23.6. The summed E-state index contributed by atoms with van der Waals surface area (Å²) >= 11 is 0. The molecule has 4 aromatic rings. The maximum Gasteiger partial charge on any atom is 0.352 e. The number of hydrogen-bond donors (Lipinski definition) is 2. The average molecular weight is 445 g/mol. The van der Waals surface area contributed by atoms with Crippen LogP contribution in [0.1, 0.15) is 27.2 Å². The molecule has 0 aliphatic rings. The van der Waals surface area contributed by atoms with Crippen LogP contribution in [0.15, 0.2) is 72.8 Å². The fourth-order valence-corrected chi connectivity index (χ4v) is 4.22. The third-order valence-electron chi connectivity index (χ3n) is 5.83.